The minimum absolute atomic E-state index is 0.0403. The van der Waals surface area contributed by atoms with Gasteiger partial charge in [0.1, 0.15) is 5.69 Å². The Kier molecular flexibility index (Phi) is 19.0. The molecule has 1 aliphatic heterocycles. The molecule has 2 rings (SSSR count). The second kappa shape index (κ2) is 22.3. The highest BCUT2D eigenvalue weighted by Gasteiger charge is 2.26. The molecule has 0 spiro atoms. The predicted octanol–water partition coefficient (Wildman–Crippen LogP) is 6.91. The molecule has 0 fully saturated rings. The van der Waals surface area contributed by atoms with Gasteiger partial charge in [0.15, 0.2) is 5.82 Å². The van der Waals surface area contributed by atoms with Gasteiger partial charge in [-0.25, -0.2) is 0 Å². The van der Waals surface area contributed by atoms with E-state index in [0.29, 0.717) is 37.6 Å². The Morgan fingerprint density at radius 1 is 0.902 bits per heavy atom. The van der Waals surface area contributed by atoms with E-state index >= 15 is 0 Å². The van der Waals surface area contributed by atoms with Gasteiger partial charge in [-0.15, -0.1) is 0 Å². The molecule has 0 radical (unpaired) electrons. The van der Waals surface area contributed by atoms with E-state index in [1.54, 1.807) is 0 Å². The Bertz CT molecular complexity index is 878. The van der Waals surface area contributed by atoms with Crippen molar-refractivity contribution in [1.82, 2.24) is 9.97 Å². The average molecular weight is 578 g/mol. The van der Waals surface area contributed by atoms with Crippen LogP contribution >= 0.6 is 0 Å². The van der Waals surface area contributed by atoms with E-state index in [1.807, 2.05) is 4.90 Å². The highest BCUT2D eigenvalue weighted by atomic mass is 16.5. The van der Waals surface area contributed by atoms with Crippen LogP contribution in [0, 0.1) is 5.92 Å². The molecule has 0 amide bonds. The number of aromatic amines is 1. The standard InChI is InChI=1S/C32H59N5O4/c1-2-3-4-5-6-7-8-9-10-11-12-13-14-15-16-17-18-19-20-21-28(39)41-23-22-27(25-38)24-37-26-34-29-30(37)35-32(33)36-31(29)40/h27,34,38H,2-26H2,1H3,(H3,33,35,36,40). The van der Waals surface area contributed by atoms with Gasteiger partial charge in [0.25, 0.3) is 5.56 Å². The number of carbonyl (C=O) groups excluding carboxylic acids is 1. The molecule has 0 aromatic carbocycles. The van der Waals surface area contributed by atoms with E-state index in [4.69, 9.17) is 10.5 Å². The zero-order valence-corrected chi connectivity index (χ0v) is 25.9. The minimum Gasteiger partial charge on any atom is -0.466 e. The second-order valence-electron chi connectivity index (χ2n) is 11.9. The van der Waals surface area contributed by atoms with Crippen molar-refractivity contribution in [3.8, 4) is 0 Å². The Balaban J connectivity index is 1.36. The monoisotopic (exact) mass is 577 g/mol. The third kappa shape index (κ3) is 15.5. The lowest BCUT2D eigenvalue weighted by atomic mass is 10.0. The molecule has 0 saturated carbocycles. The van der Waals surface area contributed by atoms with Crippen LogP contribution in [-0.4, -0.2) is 47.5 Å². The number of nitrogens with zero attached hydrogens (tertiary/aromatic N) is 2. The molecule has 0 saturated heterocycles. The molecule has 0 bridgehead atoms. The number of H-pyrrole nitrogens is 1. The molecule has 1 unspecified atom stereocenters. The summed E-state index contributed by atoms with van der Waals surface area (Å²) in [5.74, 6) is 0.286. The Morgan fingerprint density at radius 3 is 1.93 bits per heavy atom. The smallest absolute Gasteiger partial charge is 0.305 e. The number of aromatic nitrogens is 2. The Hall–Kier alpha value is -2.29. The maximum absolute atomic E-state index is 12.1. The molecule has 2 heterocycles. The molecule has 9 heteroatoms. The van der Waals surface area contributed by atoms with Crippen molar-refractivity contribution in [3.05, 3.63) is 10.4 Å². The number of aliphatic hydroxyl groups excluding tert-OH is 1. The van der Waals surface area contributed by atoms with Crippen LogP contribution in [0.4, 0.5) is 17.5 Å². The van der Waals surface area contributed by atoms with E-state index in [1.165, 1.54) is 109 Å². The summed E-state index contributed by atoms with van der Waals surface area (Å²) in [6.45, 7) is 3.43. The zero-order chi connectivity index (χ0) is 29.5. The van der Waals surface area contributed by atoms with Crippen molar-refractivity contribution in [2.24, 2.45) is 5.92 Å². The van der Waals surface area contributed by atoms with Crippen molar-refractivity contribution in [2.45, 2.75) is 142 Å². The molecular weight excluding hydrogens is 518 g/mol. The van der Waals surface area contributed by atoms with Gasteiger partial charge in [-0.1, -0.05) is 122 Å². The van der Waals surface area contributed by atoms with Gasteiger partial charge >= 0.3 is 5.97 Å². The van der Waals surface area contributed by atoms with Crippen LogP contribution in [0.5, 0.6) is 0 Å². The highest BCUT2D eigenvalue weighted by molar-refractivity contribution is 5.70. The van der Waals surface area contributed by atoms with Gasteiger partial charge < -0.3 is 25.8 Å². The minimum atomic E-state index is -0.306. The average Bonchev–Trinajstić information content (AvgIpc) is 3.36. The van der Waals surface area contributed by atoms with Crippen LogP contribution in [0.3, 0.4) is 0 Å². The molecule has 236 valence electrons. The van der Waals surface area contributed by atoms with Crippen molar-refractivity contribution in [3.63, 3.8) is 0 Å². The number of hydrogen-bond acceptors (Lipinski definition) is 8. The number of hydrogen-bond donors (Lipinski definition) is 4. The van der Waals surface area contributed by atoms with Gasteiger partial charge in [-0.3, -0.25) is 14.6 Å². The summed E-state index contributed by atoms with van der Waals surface area (Å²) in [5, 5.41) is 12.8. The van der Waals surface area contributed by atoms with Crippen LogP contribution in [0.2, 0.25) is 0 Å². The number of rotatable bonds is 26. The fourth-order valence-electron chi connectivity index (χ4n) is 5.58. The van der Waals surface area contributed by atoms with Gasteiger partial charge in [0, 0.05) is 25.5 Å². The van der Waals surface area contributed by atoms with Crippen molar-refractivity contribution in [2.75, 3.05) is 42.4 Å². The second-order valence-corrected chi connectivity index (χ2v) is 11.9. The molecule has 1 aromatic heterocycles. The maximum atomic E-state index is 12.1. The molecule has 1 atom stereocenters. The fraction of sp³-hybridized carbons (Fsp3) is 0.844. The highest BCUT2D eigenvalue weighted by Crippen LogP contribution is 2.26. The number of nitrogens with one attached hydrogen (secondary N) is 2. The van der Waals surface area contributed by atoms with E-state index < -0.39 is 0 Å². The number of esters is 1. The third-order valence-electron chi connectivity index (χ3n) is 8.18. The fourth-order valence-corrected chi connectivity index (χ4v) is 5.58. The number of fused-ring (bicyclic) bond motifs is 1. The van der Waals surface area contributed by atoms with Crippen LogP contribution in [-0.2, 0) is 9.53 Å². The summed E-state index contributed by atoms with van der Waals surface area (Å²) in [7, 11) is 0. The number of nitrogen functional groups attached to an aromatic ring is 1. The first kappa shape index (κ1) is 34.9. The van der Waals surface area contributed by atoms with Gasteiger partial charge in [0.05, 0.1) is 13.3 Å². The molecule has 5 N–H and O–H groups in total. The molecular formula is C32H59N5O4. The number of nitrogens with two attached hydrogens (primary N) is 1. The lowest BCUT2D eigenvalue weighted by Gasteiger charge is -2.23. The number of unbranched alkanes of at least 4 members (excludes halogenated alkanes) is 18. The Labute approximate surface area is 248 Å². The number of aliphatic hydroxyl groups is 1. The van der Waals surface area contributed by atoms with Crippen LogP contribution in [0.1, 0.15) is 142 Å². The van der Waals surface area contributed by atoms with Gasteiger partial charge in [0.2, 0.25) is 5.95 Å². The van der Waals surface area contributed by atoms with E-state index in [0.717, 1.165) is 12.8 Å². The van der Waals surface area contributed by atoms with E-state index in [2.05, 4.69) is 22.2 Å². The number of ether oxygens (including phenoxy) is 1. The summed E-state index contributed by atoms with van der Waals surface area (Å²) in [5.41, 5.74) is 5.75. The number of anilines is 3. The molecule has 41 heavy (non-hydrogen) atoms. The maximum Gasteiger partial charge on any atom is 0.305 e. The predicted molar refractivity (Wildman–Crippen MR) is 169 cm³/mol. The Morgan fingerprint density at radius 2 is 1.41 bits per heavy atom. The summed E-state index contributed by atoms with van der Waals surface area (Å²) >= 11 is 0. The summed E-state index contributed by atoms with van der Waals surface area (Å²) in [4.78, 5) is 32.7. The van der Waals surface area contributed by atoms with Crippen LogP contribution < -0.4 is 21.5 Å². The van der Waals surface area contributed by atoms with E-state index in [9.17, 15) is 14.7 Å². The zero-order valence-electron chi connectivity index (χ0n) is 25.9. The number of carbonyl (C=O) groups is 1. The molecule has 9 nitrogen and oxygen atoms in total. The van der Waals surface area contributed by atoms with Crippen molar-refractivity contribution in [1.29, 1.82) is 0 Å². The van der Waals surface area contributed by atoms with Crippen molar-refractivity contribution < 1.29 is 14.6 Å². The third-order valence-corrected chi connectivity index (χ3v) is 8.18. The van der Waals surface area contributed by atoms with Crippen molar-refractivity contribution >= 4 is 23.4 Å². The summed E-state index contributed by atoms with van der Waals surface area (Å²) in [6, 6.07) is 0. The molecule has 1 aromatic rings. The first-order valence-corrected chi connectivity index (χ1v) is 16.7. The van der Waals surface area contributed by atoms with Crippen LogP contribution in [0.25, 0.3) is 0 Å². The summed E-state index contributed by atoms with van der Waals surface area (Å²) < 4.78 is 5.41. The van der Waals surface area contributed by atoms with E-state index in [-0.39, 0.29) is 36.6 Å². The normalized spacial score (nSPS) is 13.3. The first-order chi connectivity index (χ1) is 20.0. The quantitative estimate of drug-likeness (QED) is 0.0690. The molecule has 0 aliphatic carbocycles. The van der Waals surface area contributed by atoms with Crippen LogP contribution in [0.15, 0.2) is 4.79 Å². The largest absolute Gasteiger partial charge is 0.466 e. The first-order valence-electron chi connectivity index (χ1n) is 16.7. The lowest BCUT2D eigenvalue weighted by Crippen LogP contribution is -2.32. The molecule has 1 aliphatic rings. The SMILES string of the molecule is CCCCCCCCCCCCCCCCCCCCCC(=O)OCCC(CO)CN1CNc2c1nc(N)[nH]c2=O. The lowest BCUT2D eigenvalue weighted by molar-refractivity contribution is -0.144. The summed E-state index contributed by atoms with van der Waals surface area (Å²) in [6.07, 6.45) is 26.3. The van der Waals surface area contributed by atoms with Gasteiger partial charge in [-0.05, 0) is 12.8 Å². The van der Waals surface area contributed by atoms with Gasteiger partial charge in [-0.2, -0.15) is 4.98 Å². The topological polar surface area (TPSA) is 134 Å².